The van der Waals surface area contributed by atoms with Gasteiger partial charge in [0.05, 0.1) is 12.0 Å². The molecule has 0 aromatic carbocycles. The summed E-state index contributed by atoms with van der Waals surface area (Å²) in [6, 6.07) is 0. The average molecular weight is 241 g/mol. The van der Waals surface area contributed by atoms with Crippen molar-refractivity contribution in [2.75, 3.05) is 6.54 Å². The SMILES string of the molecule is O=C(O)CCCN1C(=O)C=C(C(=O)O)CC1=O. The average Bonchev–Trinajstić information content (AvgIpc) is 2.21. The fourth-order valence-corrected chi connectivity index (χ4v) is 1.42. The summed E-state index contributed by atoms with van der Waals surface area (Å²) in [5.41, 5.74) is -0.241. The van der Waals surface area contributed by atoms with Crippen LogP contribution in [0.4, 0.5) is 0 Å². The van der Waals surface area contributed by atoms with Crippen LogP contribution in [0.1, 0.15) is 19.3 Å². The molecule has 1 rings (SSSR count). The molecule has 1 aliphatic rings. The molecule has 92 valence electrons. The maximum Gasteiger partial charge on any atom is 0.332 e. The maximum atomic E-state index is 11.4. The summed E-state index contributed by atoms with van der Waals surface area (Å²) in [5.74, 6) is -3.62. The van der Waals surface area contributed by atoms with Crippen LogP contribution in [0, 0.1) is 0 Å². The first kappa shape index (κ1) is 12.9. The van der Waals surface area contributed by atoms with E-state index in [9.17, 15) is 19.2 Å². The van der Waals surface area contributed by atoms with Crippen LogP contribution in [0.5, 0.6) is 0 Å². The van der Waals surface area contributed by atoms with E-state index >= 15 is 0 Å². The fraction of sp³-hybridized carbons (Fsp3) is 0.400. The molecular formula is C10H11NO6. The van der Waals surface area contributed by atoms with Crippen LogP contribution in [0.2, 0.25) is 0 Å². The van der Waals surface area contributed by atoms with Gasteiger partial charge in [0.2, 0.25) is 5.91 Å². The third-order valence-corrected chi connectivity index (χ3v) is 2.25. The Balaban J connectivity index is 2.64. The molecule has 0 unspecified atom stereocenters. The van der Waals surface area contributed by atoms with E-state index in [1.807, 2.05) is 0 Å². The number of carbonyl (C=O) groups excluding carboxylic acids is 2. The lowest BCUT2D eigenvalue weighted by atomic mass is 10.1. The molecular weight excluding hydrogens is 230 g/mol. The molecule has 0 atom stereocenters. The molecule has 0 saturated carbocycles. The highest BCUT2D eigenvalue weighted by molar-refractivity contribution is 6.11. The molecule has 0 bridgehead atoms. The number of hydrogen-bond acceptors (Lipinski definition) is 4. The van der Waals surface area contributed by atoms with Gasteiger partial charge in [-0.2, -0.15) is 0 Å². The molecule has 0 aliphatic carbocycles. The molecule has 0 radical (unpaired) electrons. The van der Waals surface area contributed by atoms with Crippen molar-refractivity contribution in [1.29, 1.82) is 0 Å². The van der Waals surface area contributed by atoms with Crippen LogP contribution in [0.3, 0.4) is 0 Å². The smallest absolute Gasteiger partial charge is 0.332 e. The Hall–Kier alpha value is -2.18. The van der Waals surface area contributed by atoms with Crippen LogP contribution in [-0.4, -0.2) is 45.4 Å². The molecule has 7 nitrogen and oxygen atoms in total. The molecule has 0 fully saturated rings. The number of imide groups is 1. The van der Waals surface area contributed by atoms with Crippen molar-refractivity contribution >= 4 is 23.8 Å². The van der Waals surface area contributed by atoms with E-state index in [-0.39, 0.29) is 31.4 Å². The van der Waals surface area contributed by atoms with Gasteiger partial charge in [-0.05, 0) is 6.42 Å². The summed E-state index contributed by atoms with van der Waals surface area (Å²) in [6.07, 6.45) is 0.564. The van der Waals surface area contributed by atoms with Crippen molar-refractivity contribution in [2.24, 2.45) is 0 Å². The Labute approximate surface area is 96.3 Å². The number of rotatable bonds is 5. The maximum absolute atomic E-state index is 11.4. The molecule has 0 aromatic rings. The van der Waals surface area contributed by atoms with Crippen LogP contribution < -0.4 is 0 Å². The van der Waals surface area contributed by atoms with Gasteiger partial charge < -0.3 is 10.2 Å². The van der Waals surface area contributed by atoms with Crippen LogP contribution in [-0.2, 0) is 19.2 Å². The summed E-state index contributed by atoms with van der Waals surface area (Å²) in [5, 5.41) is 17.1. The molecule has 0 saturated heterocycles. The first-order valence-electron chi connectivity index (χ1n) is 4.92. The standard InChI is InChI=1S/C10H11NO6/c12-7-4-6(10(16)17)5-8(13)11(7)3-1-2-9(14)15/h4H,1-3,5H2,(H,14,15)(H,16,17). The highest BCUT2D eigenvalue weighted by Crippen LogP contribution is 2.14. The molecule has 0 spiro atoms. The van der Waals surface area contributed by atoms with Crippen molar-refractivity contribution in [3.63, 3.8) is 0 Å². The molecule has 1 aliphatic heterocycles. The predicted octanol–water partition coefficient (Wildman–Crippen LogP) is -0.379. The first-order chi connectivity index (χ1) is 7.91. The van der Waals surface area contributed by atoms with E-state index in [0.29, 0.717) is 0 Å². The van der Waals surface area contributed by atoms with Crippen molar-refractivity contribution < 1.29 is 29.4 Å². The van der Waals surface area contributed by atoms with Crippen LogP contribution in [0.15, 0.2) is 11.6 Å². The Kier molecular flexibility index (Phi) is 3.97. The normalized spacial score (nSPS) is 15.8. The fourth-order valence-electron chi connectivity index (χ4n) is 1.42. The number of amides is 2. The van der Waals surface area contributed by atoms with E-state index in [1.54, 1.807) is 0 Å². The largest absolute Gasteiger partial charge is 0.481 e. The zero-order chi connectivity index (χ0) is 13.0. The number of carbonyl (C=O) groups is 4. The summed E-state index contributed by atoms with van der Waals surface area (Å²) < 4.78 is 0. The minimum Gasteiger partial charge on any atom is -0.481 e. The third-order valence-electron chi connectivity index (χ3n) is 2.25. The summed E-state index contributed by atoms with van der Waals surface area (Å²) in [6.45, 7) is -0.00658. The van der Waals surface area contributed by atoms with Crippen molar-refractivity contribution in [1.82, 2.24) is 4.90 Å². The molecule has 1 heterocycles. The number of aliphatic carboxylic acids is 2. The van der Waals surface area contributed by atoms with Crippen LogP contribution >= 0.6 is 0 Å². The Morgan fingerprint density at radius 1 is 1.29 bits per heavy atom. The number of carboxylic acid groups (broad SMARTS) is 2. The van der Waals surface area contributed by atoms with Gasteiger partial charge in [0.1, 0.15) is 0 Å². The van der Waals surface area contributed by atoms with Gasteiger partial charge in [-0.3, -0.25) is 19.3 Å². The van der Waals surface area contributed by atoms with Gasteiger partial charge in [0.25, 0.3) is 5.91 Å². The first-order valence-corrected chi connectivity index (χ1v) is 4.92. The molecule has 2 amide bonds. The third kappa shape index (κ3) is 3.40. The second-order valence-electron chi connectivity index (χ2n) is 3.53. The van der Waals surface area contributed by atoms with E-state index in [2.05, 4.69) is 0 Å². The second-order valence-corrected chi connectivity index (χ2v) is 3.53. The molecule has 0 aromatic heterocycles. The monoisotopic (exact) mass is 241 g/mol. The number of carboxylic acids is 2. The summed E-state index contributed by atoms with van der Waals surface area (Å²) in [4.78, 5) is 44.6. The minimum atomic E-state index is -1.29. The highest BCUT2D eigenvalue weighted by Gasteiger charge is 2.28. The van der Waals surface area contributed by atoms with Gasteiger partial charge in [-0.25, -0.2) is 4.79 Å². The number of nitrogens with zero attached hydrogens (tertiary/aromatic N) is 1. The molecule has 17 heavy (non-hydrogen) atoms. The van der Waals surface area contributed by atoms with Crippen LogP contribution in [0.25, 0.3) is 0 Å². The minimum absolute atomic E-state index is 0.00658. The topological polar surface area (TPSA) is 112 Å². The number of hydrogen-bond donors (Lipinski definition) is 2. The van der Waals surface area contributed by atoms with E-state index in [1.165, 1.54) is 0 Å². The Morgan fingerprint density at radius 3 is 2.41 bits per heavy atom. The van der Waals surface area contributed by atoms with Gasteiger partial charge in [-0.1, -0.05) is 0 Å². The predicted molar refractivity (Wildman–Crippen MR) is 53.9 cm³/mol. The summed E-state index contributed by atoms with van der Waals surface area (Å²) >= 11 is 0. The Morgan fingerprint density at radius 2 is 1.94 bits per heavy atom. The van der Waals surface area contributed by atoms with Gasteiger partial charge in [0.15, 0.2) is 0 Å². The second kappa shape index (κ2) is 5.24. The van der Waals surface area contributed by atoms with Crippen molar-refractivity contribution in [3.8, 4) is 0 Å². The Bertz CT molecular complexity index is 411. The summed E-state index contributed by atoms with van der Waals surface area (Å²) in [7, 11) is 0. The lowest BCUT2D eigenvalue weighted by Gasteiger charge is -2.22. The molecule has 7 heteroatoms. The van der Waals surface area contributed by atoms with E-state index in [4.69, 9.17) is 10.2 Å². The lowest BCUT2D eigenvalue weighted by Crippen LogP contribution is -2.40. The zero-order valence-corrected chi connectivity index (χ0v) is 8.88. The van der Waals surface area contributed by atoms with Crippen molar-refractivity contribution in [3.05, 3.63) is 11.6 Å². The van der Waals surface area contributed by atoms with Gasteiger partial charge in [0, 0.05) is 19.0 Å². The van der Waals surface area contributed by atoms with Crippen molar-refractivity contribution in [2.45, 2.75) is 19.3 Å². The van der Waals surface area contributed by atoms with Gasteiger partial charge in [-0.15, -0.1) is 0 Å². The van der Waals surface area contributed by atoms with Gasteiger partial charge >= 0.3 is 11.9 Å². The van der Waals surface area contributed by atoms with E-state index in [0.717, 1.165) is 11.0 Å². The highest BCUT2D eigenvalue weighted by atomic mass is 16.4. The quantitative estimate of drug-likeness (QED) is 0.634. The lowest BCUT2D eigenvalue weighted by molar-refractivity contribution is -0.146. The zero-order valence-electron chi connectivity index (χ0n) is 8.88. The van der Waals surface area contributed by atoms with E-state index < -0.39 is 23.8 Å². The molecule has 2 N–H and O–H groups in total.